The third kappa shape index (κ3) is 17.0. The van der Waals surface area contributed by atoms with Crippen LogP contribution in [0.1, 0.15) is 135 Å². The highest BCUT2D eigenvalue weighted by atomic mass is 28.4. The molecule has 0 aromatic heterocycles. The van der Waals surface area contributed by atoms with Gasteiger partial charge in [0, 0.05) is 6.61 Å². The van der Waals surface area contributed by atoms with Crippen LogP contribution in [0.2, 0.25) is 13.1 Å². The van der Waals surface area contributed by atoms with Crippen molar-refractivity contribution in [2.45, 2.75) is 148 Å². The predicted molar refractivity (Wildman–Crippen MR) is 148 cm³/mol. The second-order valence-corrected chi connectivity index (χ2v) is 14.3. The molecule has 0 unspecified atom stereocenters. The Morgan fingerprint density at radius 3 is 1.22 bits per heavy atom. The molecule has 0 aliphatic rings. The summed E-state index contributed by atoms with van der Waals surface area (Å²) in [4.78, 5) is 0. The topological polar surface area (TPSA) is 9.23 Å². The molecule has 0 radical (unpaired) electrons. The molecule has 32 heavy (non-hydrogen) atoms. The van der Waals surface area contributed by atoms with Crippen molar-refractivity contribution in [2.75, 3.05) is 6.61 Å². The van der Waals surface area contributed by atoms with E-state index in [0.29, 0.717) is 0 Å². The normalized spacial score (nSPS) is 11.8. The van der Waals surface area contributed by atoms with E-state index in [4.69, 9.17) is 4.43 Å². The molecule has 0 aliphatic heterocycles. The van der Waals surface area contributed by atoms with Gasteiger partial charge in [-0.2, -0.15) is 0 Å². The lowest BCUT2D eigenvalue weighted by Crippen LogP contribution is -2.44. The first-order chi connectivity index (χ1) is 15.7. The molecular weight excluding hydrogens is 404 g/mol. The Labute approximate surface area is 203 Å². The van der Waals surface area contributed by atoms with Crippen LogP contribution >= 0.6 is 0 Å². The van der Waals surface area contributed by atoms with Gasteiger partial charge in [0.25, 0.3) is 0 Å². The van der Waals surface area contributed by atoms with Gasteiger partial charge in [-0.15, -0.1) is 0 Å². The maximum Gasteiger partial charge on any atom is 0.218 e. The van der Waals surface area contributed by atoms with Crippen molar-refractivity contribution in [3.8, 4) is 0 Å². The Morgan fingerprint density at radius 2 is 0.844 bits per heavy atom. The smallest absolute Gasteiger partial charge is 0.218 e. The Balaban J connectivity index is 1.75. The van der Waals surface area contributed by atoms with Gasteiger partial charge in [-0.1, -0.05) is 159 Å². The van der Waals surface area contributed by atoms with Gasteiger partial charge in [0.2, 0.25) is 8.32 Å². The minimum Gasteiger partial charge on any atom is -0.413 e. The number of unbranched alkanes of at least 4 members (excludes halogenated alkanes) is 19. The third-order valence-electron chi connectivity index (χ3n) is 6.93. The van der Waals surface area contributed by atoms with Crippen LogP contribution in [0, 0.1) is 0 Å². The van der Waals surface area contributed by atoms with E-state index in [1.165, 1.54) is 134 Å². The summed E-state index contributed by atoms with van der Waals surface area (Å²) < 4.78 is 6.29. The molecule has 2 heteroatoms. The molecule has 1 rings (SSSR count). The Hall–Kier alpha value is -0.603. The molecule has 0 heterocycles. The van der Waals surface area contributed by atoms with Gasteiger partial charge in [0.15, 0.2) is 0 Å². The van der Waals surface area contributed by atoms with Crippen LogP contribution in [-0.4, -0.2) is 14.9 Å². The first-order valence-electron chi connectivity index (χ1n) is 14.4. The SMILES string of the molecule is CCCCCCCCCCCCCCCCCCCCCCO[Si](C)(C)c1ccccc1. The van der Waals surface area contributed by atoms with Crippen LogP contribution in [-0.2, 0) is 4.43 Å². The average Bonchev–Trinajstić information content (AvgIpc) is 2.80. The van der Waals surface area contributed by atoms with Crippen molar-refractivity contribution in [2.24, 2.45) is 0 Å². The summed E-state index contributed by atoms with van der Waals surface area (Å²) in [5, 5.41) is 1.41. The molecule has 0 atom stereocenters. The predicted octanol–water partition coefficient (Wildman–Crippen LogP) is 9.94. The fourth-order valence-corrected chi connectivity index (χ4v) is 6.42. The number of benzene rings is 1. The van der Waals surface area contributed by atoms with E-state index < -0.39 is 8.32 Å². The zero-order valence-electron chi connectivity index (χ0n) is 22.1. The maximum absolute atomic E-state index is 6.29. The van der Waals surface area contributed by atoms with Crippen LogP contribution in [0.5, 0.6) is 0 Å². The molecule has 0 N–H and O–H groups in total. The van der Waals surface area contributed by atoms with Crippen molar-refractivity contribution in [3.63, 3.8) is 0 Å². The van der Waals surface area contributed by atoms with Gasteiger partial charge in [-0.3, -0.25) is 0 Å². The van der Waals surface area contributed by atoms with Gasteiger partial charge in [-0.25, -0.2) is 0 Å². The second kappa shape index (κ2) is 21.0. The van der Waals surface area contributed by atoms with Crippen LogP contribution in [0.25, 0.3) is 0 Å². The van der Waals surface area contributed by atoms with Gasteiger partial charge in [0.1, 0.15) is 0 Å². The highest BCUT2D eigenvalue weighted by Gasteiger charge is 2.24. The van der Waals surface area contributed by atoms with Crippen molar-refractivity contribution < 1.29 is 4.43 Å². The Bertz CT molecular complexity index is 499. The van der Waals surface area contributed by atoms with Crippen molar-refractivity contribution in [1.29, 1.82) is 0 Å². The molecule has 0 saturated heterocycles. The summed E-state index contributed by atoms with van der Waals surface area (Å²) in [6.45, 7) is 7.87. The van der Waals surface area contributed by atoms with Crippen LogP contribution in [0.15, 0.2) is 30.3 Å². The van der Waals surface area contributed by atoms with E-state index in [1.54, 1.807) is 0 Å². The third-order valence-corrected chi connectivity index (χ3v) is 9.58. The minimum atomic E-state index is -1.69. The lowest BCUT2D eigenvalue weighted by molar-refractivity contribution is 0.302. The van der Waals surface area contributed by atoms with E-state index in [2.05, 4.69) is 50.3 Å². The molecule has 0 fully saturated rings. The largest absolute Gasteiger partial charge is 0.413 e. The maximum atomic E-state index is 6.29. The zero-order valence-corrected chi connectivity index (χ0v) is 23.1. The molecule has 186 valence electrons. The minimum absolute atomic E-state index is 0.938. The summed E-state index contributed by atoms with van der Waals surface area (Å²) in [5.41, 5.74) is 0. The molecule has 1 aromatic rings. The standard InChI is InChI=1S/C30H56OSi/c1-4-5-6-7-8-9-10-11-12-13-14-15-16-17-18-19-20-21-22-26-29-31-32(2,3)30-27-24-23-25-28-30/h23-25,27-28H,4-22,26,29H2,1-3H3. The quantitative estimate of drug-likeness (QED) is 0.117. The van der Waals surface area contributed by atoms with Gasteiger partial charge in [-0.05, 0) is 24.7 Å². The summed E-state index contributed by atoms with van der Waals surface area (Å²) in [5.74, 6) is 0. The average molecular weight is 461 g/mol. The van der Waals surface area contributed by atoms with Crippen LogP contribution in [0.4, 0.5) is 0 Å². The molecule has 0 spiro atoms. The number of hydrogen-bond donors (Lipinski definition) is 0. The number of rotatable bonds is 23. The Kier molecular flexibility index (Phi) is 19.3. The lowest BCUT2D eigenvalue weighted by Gasteiger charge is -2.23. The van der Waals surface area contributed by atoms with E-state index in [-0.39, 0.29) is 0 Å². The highest BCUT2D eigenvalue weighted by molar-refractivity contribution is 6.84. The fraction of sp³-hybridized carbons (Fsp3) is 0.800. The molecule has 1 aromatic carbocycles. The molecule has 1 nitrogen and oxygen atoms in total. The highest BCUT2D eigenvalue weighted by Crippen LogP contribution is 2.15. The fourth-order valence-electron chi connectivity index (χ4n) is 4.61. The van der Waals surface area contributed by atoms with E-state index >= 15 is 0 Å². The lowest BCUT2D eigenvalue weighted by atomic mass is 10.0. The molecule has 0 saturated carbocycles. The molecule has 0 bridgehead atoms. The summed E-state index contributed by atoms with van der Waals surface area (Å²) in [6.07, 6.45) is 28.7. The molecular formula is C30H56OSi. The summed E-state index contributed by atoms with van der Waals surface area (Å²) in [7, 11) is -1.69. The number of hydrogen-bond acceptors (Lipinski definition) is 1. The first kappa shape index (κ1) is 29.4. The summed E-state index contributed by atoms with van der Waals surface area (Å²) in [6, 6.07) is 10.8. The Morgan fingerprint density at radius 1 is 0.500 bits per heavy atom. The first-order valence-corrected chi connectivity index (χ1v) is 17.3. The second-order valence-electron chi connectivity index (χ2n) is 10.4. The monoisotopic (exact) mass is 460 g/mol. The molecule has 0 aliphatic carbocycles. The van der Waals surface area contributed by atoms with Gasteiger partial charge < -0.3 is 4.43 Å². The van der Waals surface area contributed by atoms with Crippen molar-refractivity contribution >= 4 is 13.5 Å². The van der Waals surface area contributed by atoms with Gasteiger partial charge >= 0.3 is 0 Å². The summed E-state index contributed by atoms with van der Waals surface area (Å²) >= 11 is 0. The van der Waals surface area contributed by atoms with E-state index in [1.807, 2.05) is 0 Å². The van der Waals surface area contributed by atoms with Gasteiger partial charge in [0.05, 0.1) is 0 Å². The van der Waals surface area contributed by atoms with E-state index in [9.17, 15) is 0 Å². The van der Waals surface area contributed by atoms with E-state index in [0.717, 1.165) is 6.61 Å². The van der Waals surface area contributed by atoms with Crippen molar-refractivity contribution in [1.82, 2.24) is 0 Å². The molecule has 0 amide bonds. The zero-order chi connectivity index (χ0) is 23.2. The van der Waals surface area contributed by atoms with Crippen molar-refractivity contribution in [3.05, 3.63) is 30.3 Å². The van der Waals surface area contributed by atoms with Crippen LogP contribution < -0.4 is 5.19 Å². The van der Waals surface area contributed by atoms with Crippen LogP contribution in [0.3, 0.4) is 0 Å².